The fourth-order valence-corrected chi connectivity index (χ4v) is 3.04. The number of benzene rings is 1. The van der Waals surface area contributed by atoms with E-state index in [1.54, 1.807) is 15.4 Å². The van der Waals surface area contributed by atoms with Gasteiger partial charge >= 0.3 is 5.69 Å². The summed E-state index contributed by atoms with van der Waals surface area (Å²) in [6.45, 7) is 3.69. The lowest BCUT2D eigenvalue weighted by Crippen LogP contribution is -2.31. The zero-order valence-electron chi connectivity index (χ0n) is 12.4. The average Bonchev–Trinajstić information content (AvgIpc) is 2.99. The molecule has 4 rings (SSSR count). The van der Waals surface area contributed by atoms with Crippen molar-refractivity contribution < 1.29 is 0 Å². The van der Waals surface area contributed by atoms with Crippen LogP contribution < -0.4 is 11.0 Å². The number of aryl methyl sites for hydroxylation is 1. The highest BCUT2D eigenvalue weighted by Gasteiger charge is 2.19. The van der Waals surface area contributed by atoms with Gasteiger partial charge in [0.25, 0.3) is 0 Å². The molecule has 2 aromatic heterocycles. The number of hydrogen-bond donors (Lipinski definition) is 1. The van der Waals surface area contributed by atoms with Gasteiger partial charge in [-0.25, -0.2) is 9.48 Å². The lowest BCUT2D eigenvalue weighted by Gasteiger charge is -2.19. The highest BCUT2D eigenvalue weighted by atomic mass is 16.1. The van der Waals surface area contributed by atoms with Crippen molar-refractivity contribution in [3.63, 3.8) is 0 Å². The average molecular weight is 295 g/mol. The molecule has 6 heteroatoms. The van der Waals surface area contributed by atoms with Crippen LogP contribution in [0.1, 0.15) is 18.9 Å². The number of aromatic nitrogens is 4. The molecule has 22 heavy (non-hydrogen) atoms. The maximum absolute atomic E-state index is 12.3. The molecule has 0 unspecified atom stereocenters. The predicted octanol–water partition coefficient (Wildman–Crippen LogP) is 1.96. The maximum atomic E-state index is 12.3. The molecular formula is C16H17N5O. The third kappa shape index (κ3) is 1.83. The third-order valence-electron chi connectivity index (χ3n) is 4.15. The van der Waals surface area contributed by atoms with Gasteiger partial charge in [-0.1, -0.05) is 25.1 Å². The summed E-state index contributed by atoms with van der Waals surface area (Å²) in [5.74, 6) is 0.835. The molecule has 0 aliphatic carbocycles. The smallest absolute Gasteiger partial charge is 0.351 e. The zero-order valence-corrected chi connectivity index (χ0v) is 12.4. The summed E-state index contributed by atoms with van der Waals surface area (Å²) in [5.41, 5.74) is 2.56. The van der Waals surface area contributed by atoms with Gasteiger partial charge in [0.05, 0.1) is 17.3 Å². The Kier molecular flexibility index (Phi) is 2.96. The minimum absolute atomic E-state index is 0.217. The Labute approximate surface area is 127 Å². The van der Waals surface area contributed by atoms with Crippen molar-refractivity contribution in [2.75, 3.05) is 11.9 Å². The maximum Gasteiger partial charge on any atom is 0.351 e. The van der Waals surface area contributed by atoms with Crippen molar-refractivity contribution in [1.29, 1.82) is 0 Å². The molecule has 0 saturated heterocycles. The first-order valence-corrected chi connectivity index (χ1v) is 7.60. The van der Waals surface area contributed by atoms with Gasteiger partial charge in [-0.05, 0) is 24.5 Å². The van der Waals surface area contributed by atoms with E-state index >= 15 is 0 Å². The normalized spacial score (nSPS) is 13.9. The molecule has 1 aliphatic heterocycles. The van der Waals surface area contributed by atoms with E-state index in [4.69, 9.17) is 0 Å². The van der Waals surface area contributed by atoms with Crippen LogP contribution in [0.4, 0.5) is 5.82 Å². The Hall–Kier alpha value is -2.63. The summed E-state index contributed by atoms with van der Waals surface area (Å²) < 4.78 is 3.47. The highest BCUT2D eigenvalue weighted by molar-refractivity contribution is 5.87. The predicted molar refractivity (Wildman–Crippen MR) is 85.6 cm³/mol. The van der Waals surface area contributed by atoms with Crippen molar-refractivity contribution >= 4 is 16.9 Å². The highest BCUT2D eigenvalue weighted by Crippen LogP contribution is 2.25. The van der Waals surface area contributed by atoms with Crippen LogP contribution in [0.2, 0.25) is 0 Å². The van der Waals surface area contributed by atoms with E-state index in [9.17, 15) is 4.79 Å². The lowest BCUT2D eigenvalue weighted by molar-refractivity contribution is 0.599. The molecule has 3 heterocycles. The molecule has 1 N–H and O–H groups in total. The van der Waals surface area contributed by atoms with Gasteiger partial charge in [0.15, 0.2) is 5.65 Å². The summed E-state index contributed by atoms with van der Waals surface area (Å²) in [6.07, 6.45) is 3.63. The molecule has 0 spiro atoms. The lowest BCUT2D eigenvalue weighted by atomic mass is 10.1. The van der Waals surface area contributed by atoms with Gasteiger partial charge in [-0.15, -0.1) is 0 Å². The minimum atomic E-state index is -0.217. The Morgan fingerprint density at radius 1 is 1.32 bits per heavy atom. The van der Waals surface area contributed by atoms with Gasteiger partial charge < -0.3 is 5.32 Å². The molecule has 0 saturated carbocycles. The van der Waals surface area contributed by atoms with Gasteiger partial charge in [-0.3, -0.25) is 4.57 Å². The van der Waals surface area contributed by atoms with E-state index in [1.807, 2.05) is 18.2 Å². The number of fused-ring (bicyclic) bond motifs is 3. The van der Waals surface area contributed by atoms with Crippen LogP contribution in [0.5, 0.6) is 0 Å². The van der Waals surface area contributed by atoms with E-state index < -0.39 is 0 Å². The van der Waals surface area contributed by atoms with Crippen LogP contribution in [0.15, 0.2) is 35.3 Å². The Morgan fingerprint density at radius 3 is 3.05 bits per heavy atom. The fraction of sp³-hybridized carbons (Fsp3) is 0.312. The first kappa shape index (κ1) is 13.1. The number of anilines is 1. The largest absolute Gasteiger partial charge is 0.371 e. The molecule has 1 aliphatic rings. The summed E-state index contributed by atoms with van der Waals surface area (Å²) in [4.78, 5) is 16.6. The topological polar surface area (TPSA) is 64.7 Å². The molecule has 3 aromatic rings. The zero-order chi connectivity index (χ0) is 15.1. The van der Waals surface area contributed by atoms with Gasteiger partial charge in [0.1, 0.15) is 5.82 Å². The van der Waals surface area contributed by atoms with Crippen molar-refractivity contribution in [2.24, 2.45) is 0 Å². The van der Waals surface area contributed by atoms with Gasteiger partial charge in [0.2, 0.25) is 0 Å². The molecule has 0 radical (unpaired) electrons. The number of para-hydroxylation sites is 1. The molecule has 6 nitrogen and oxygen atoms in total. The van der Waals surface area contributed by atoms with Crippen LogP contribution in [0.3, 0.4) is 0 Å². The third-order valence-corrected chi connectivity index (χ3v) is 4.15. The summed E-state index contributed by atoms with van der Waals surface area (Å²) in [5, 5.41) is 8.69. The van der Waals surface area contributed by atoms with Crippen LogP contribution in [-0.4, -0.2) is 25.9 Å². The standard InChI is InChI=1S/C16H17N5O/c1-2-11-6-3-4-7-13(11)21-15-12(10-18-21)14-17-8-5-9-20(14)16(22)19-15/h3-4,6-7,10,17H,2,5,8-9H2,1H3. The number of nitrogens with zero attached hydrogens (tertiary/aromatic N) is 4. The molecular weight excluding hydrogens is 278 g/mol. The minimum Gasteiger partial charge on any atom is -0.371 e. The van der Waals surface area contributed by atoms with Crippen LogP contribution in [-0.2, 0) is 13.0 Å². The monoisotopic (exact) mass is 295 g/mol. The van der Waals surface area contributed by atoms with E-state index in [1.165, 1.54) is 5.56 Å². The summed E-state index contributed by atoms with van der Waals surface area (Å²) in [7, 11) is 0. The van der Waals surface area contributed by atoms with E-state index in [0.29, 0.717) is 12.2 Å². The second kappa shape index (κ2) is 4.98. The molecule has 0 atom stereocenters. The summed E-state index contributed by atoms with van der Waals surface area (Å²) in [6, 6.07) is 8.08. The second-order valence-corrected chi connectivity index (χ2v) is 5.45. The molecule has 1 aromatic carbocycles. The van der Waals surface area contributed by atoms with E-state index in [-0.39, 0.29) is 5.69 Å². The van der Waals surface area contributed by atoms with Crippen LogP contribution in [0.25, 0.3) is 16.7 Å². The first-order valence-electron chi connectivity index (χ1n) is 7.60. The Morgan fingerprint density at radius 2 is 2.18 bits per heavy atom. The second-order valence-electron chi connectivity index (χ2n) is 5.45. The SMILES string of the molecule is CCc1ccccc1-n1ncc2c3n(c(=O)nc21)CCCN3. The van der Waals surface area contributed by atoms with Crippen LogP contribution >= 0.6 is 0 Å². The quantitative estimate of drug-likeness (QED) is 0.785. The number of nitrogens with one attached hydrogen (secondary N) is 1. The van der Waals surface area contributed by atoms with E-state index in [0.717, 1.165) is 36.3 Å². The molecule has 112 valence electrons. The van der Waals surface area contributed by atoms with Gasteiger partial charge in [0, 0.05) is 13.1 Å². The van der Waals surface area contributed by atoms with Crippen molar-refractivity contribution in [3.8, 4) is 5.69 Å². The Balaban J connectivity index is 2.01. The van der Waals surface area contributed by atoms with Crippen molar-refractivity contribution in [3.05, 3.63) is 46.5 Å². The summed E-state index contributed by atoms with van der Waals surface area (Å²) >= 11 is 0. The Bertz CT molecular complexity index is 909. The fourth-order valence-electron chi connectivity index (χ4n) is 3.04. The van der Waals surface area contributed by atoms with E-state index in [2.05, 4.69) is 28.4 Å². The van der Waals surface area contributed by atoms with Crippen molar-refractivity contribution in [2.45, 2.75) is 26.3 Å². The first-order chi connectivity index (χ1) is 10.8. The molecule has 0 amide bonds. The number of rotatable bonds is 2. The van der Waals surface area contributed by atoms with Crippen LogP contribution in [0, 0.1) is 0 Å². The molecule has 0 bridgehead atoms. The van der Waals surface area contributed by atoms with Crippen molar-refractivity contribution in [1.82, 2.24) is 19.3 Å². The number of hydrogen-bond acceptors (Lipinski definition) is 4. The van der Waals surface area contributed by atoms with Gasteiger partial charge in [-0.2, -0.15) is 10.1 Å². The molecule has 0 fully saturated rings.